The lowest BCUT2D eigenvalue weighted by Crippen LogP contribution is -2.23. The van der Waals surface area contributed by atoms with Crippen LogP contribution < -0.4 is 10.1 Å². The zero-order valence-corrected chi connectivity index (χ0v) is 17.5. The van der Waals surface area contributed by atoms with E-state index in [1.165, 1.54) is 26.2 Å². The Morgan fingerprint density at radius 3 is 2.52 bits per heavy atom. The molecular formula is C16H16Br2N2O4S. The van der Waals surface area contributed by atoms with Gasteiger partial charge in [-0.2, -0.15) is 0 Å². The Bertz CT molecular complexity index is 885. The van der Waals surface area contributed by atoms with Crippen molar-refractivity contribution in [3.63, 3.8) is 0 Å². The lowest BCUT2D eigenvalue weighted by molar-refractivity contribution is -0.118. The van der Waals surface area contributed by atoms with Gasteiger partial charge in [0.1, 0.15) is 5.75 Å². The van der Waals surface area contributed by atoms with E-state index in [4.69, 9.17) is 4.74 Å². The van der Waals surface area contributed by atoms with E-state index in [1.54, 1.807) is 24.3 Å². The minimum absolute atomic E-state index is 0.104. The summed E-state index contributed by atoms with van der Waals surface area (Å²) in [5.41, 5.74) is 0.381. The SMILES string of the molecule is CN(C)S(=O)(=O)c1cccc(NC(=O)COc2ccc(Br)cc2Br)c1. The van der Waals surface area contributed by atoms with Gasteiger partial charge in [-0.3, -0.25) is 4.79 Å². The maximum absolute atomic E-state index is 12.1. The molecule has 1 N–H and O–H groups in total. The van der Waals surface area contributed by atoms with Crippen LogP contribution >= 0.6 is 31.9 Å². The molecule has 2 aromatic carbocycles. The fourth-order valence-electron chi connectivity index (χ4n) is 1.88. The number of carbonyl (C=O) groups is 1. The molecule has 0 saturated heterocycles. The summed E-state index contributed by atoms with van der Waals surface area (Å²) in [7, 11) is -0.662. The molecule has 25 heavy (non-hydrogen) atoms. The minimum atomic E-state index is -3.56. The highest BCUT2D eigenvalue weighted by atomic mass is 79.9. The molecule has 0 spiro atoms. The Hall–Kier alpha value is -1.42. The summed E-state index contributed by atoms with van der Waals surface area (Å²) in [4.78, 5) is 12.1. The number of hydrogen-bond acceptors (Lipinski definition) is 4. The van der Waals surface area contributed by atoms with Crippen LogP contribution in [0.3, 0.4) is 0 Å². The van der Waals surface area contributed by atoms with Gasteiger partial charge in [0.25, 0.3) is 5.91 Å². The quantitative estimate of drug-likeness (QED) is 0.671. The van der Waals surface area contributed by atoms with Gasteiger partial charge in [0, 0.05) is 24.3 Å². The molecular weight excluding hydrogens is 476 g/mol. The van der Waals surface area contributed by atoms with Crippen molar-refractivity contribution in [2.24, 2.45) is 0 Å². The zero-order valence-electron chi connectivity index (χ0n) is 13.5. The first-order chi connectivity index (χ1) is 11.7. The van der Waals surface area contributed by atoms with E-state index >= 15 is 0 Å². The molecule has 0 radical (unpaired) electrons. The van der Waals surface area contributed by atoms with Crippen molar-refractivity contribution in [2.75, 3.05) is 26.0 Å². The number of halogens is 2. The van der Waals surface area contributed by atoms with Crippen LogP contribution in [-0.2, 0) is 14.8 Å². The van der Waals surface area contributed by atoms with E-state index in [2.05, 4.69) is 37.2 Å². The topological polar surface area (TPSA) is 75.7 Å². The summed E-state index contributed by atoms with van der Waals surface area (Å²) in [5.74, 6) is 0.136. The number of amides is 1. The lowest BCUT2D eigenvalue weighted by atomic mass is 10.3. The zero-order chi connectivity index (χ0) is 18.6. The van der Waals surface area contributed by atoms with Crippen molar-refractivity contribution in [3.05, 3.63) is 51.4 Å². The predicted molar refractivity (Wildman–Crippen MR) is 103 cm³/mol. The third kappa shape index (κ3) is 5.27. The number of hydrogen-bond donors (Lipinski definition) is 1. The molecule has 0 heterocycles. The number of benzene rings is 2. The van der Waals surface area contributed by atoms with E-state index in [0.717, 1.165) is 8.78 Å². The second-order valence-corrected chi connectivity index (χ2v) is 9.15. The van der Waals surface area contributed by atoms with Crippen molar-refractivity contribution >= 4 is 53.5 Å². The first-order valence-electron chi connectivity index (χ1n) is 7.10. The summed E-state index contributed by atoms with van der Waals surface area (Å²) < 4.78 is 32.4. The third-order valence-corrected chi connectivity index (χ3v) is 6.07. The Kier molecular flexibility index (Phi) is 6.61. The van der Waals surface area contributed by atoms with Crippen LogP contribution in [0.15, 0.2) is 56.3 Å². The van der Waals surface area contributed by atoms with Crippen LogP contribution in [0, 0.1) is 0 Å². The van der Waals surface area contributed by atoms with Crippen LogP contribution in [0.1, 0.15) is 0 Å². The van der Waals surface area contributed by atoms with Gasteiger partial charge in [-0.25, -0.2) is 12.7 Å². The number of rotatable bonds is 6. The number of nitrogens with one attached hydrogen (secondary N) is 1. The summed E-state index contributed by atoms with van der Waals surface area (Å²) >= 11 is 6.69. The van der Waals surface area contributed by atoms with Gasteiger partial charge in [0.2, 0.25) is 10.0 Å². The maximum Gasteiger partial charge on any atom is 0.262 e. The van der Waals surface area contributed by atoms with Gasteiger partial charge in [0.15, 0.2) is 6.61 Å². The van der Waals surface area contributed by atoms with Crippen molar-refractivity contribution in [2.45, 2.75) is 4.90 Å². The van der Waals surface area contributed by atoms with Gasteiger partial charge in [-0.05, 0) is 52.3 Å². The average molecular weight is 492 g/mol. The molecule has 2 aromatic rings. The highest BCUT2D eigenvalue weighted by molar-refractivity contribution is 9.11. The van der Waals surface area contributed by atoms with Crippen LogP contribution in [-0.4, -0.2) is 39.3 Å². The van der Waals surface area contributed by atoms with Crippen LogP contribution in [0.25, 0.3) is 0 Å². The number of sulfonamides is 1. The van der Waals surface area contributed by atoms with E-state index in [0.29, 0.717) is 15.9 Å². The summed E-state index contributed by atoms with van der Waals surface area (Å²) in [6, 6.07) is 11.4. The number of carbonyl (C=O) groups excluding carboxylic acids is 1. The van der Waals surface area contributed by atoms with Crippen LogP contribution in [0.4, 0.5) is 5.69 Å². The summed E-state index contributed by atoms with van der Waals surface area (Å²) in [5, 5.41) is 2.62. The lowest BCUT2D eigenvalue weighted by Gasteiger charge is -2.13. The Morgan fingerprint density at radius 2 is 1.88 bits per heavy atom. The van der Waals surface area contributed by atoms with E-state index in [9.17, 15) is 13.2 Å². The van der Waals surface area contributed by atoms with Gasteiger partial charge >= 0.3 is 0 Å². The average Bonchev–Trinajstić information content (AvgIpc) is 2.54. The largest absolute Gasteiger partial charge is 0.483 e. The monoisotopic (exact) mass is 490 g/mol. The Balaban J connectivity index is 2.03. The molecule has 6 nitrogen and oxygen atoms in total. The fraction of sp³-hybridized carbons (Fsp3) is 0.188. The predicted octanol–water partition coefficient (Wildman–Crippen LogP) is 3.48. The van der Waals surface area contributed by atoms with E-state index in [1.807, 2.05) is 6.07 Å². The fourth-order valence-corrected chi connectivity index (χ4v) is 3.99. The third-order valence-electron chi connectivity index (χ3n) is 3.15. The van der Waals surface area contributed by atoms with Crippen molar-refractivity contribution in [3.8, 4) is 5.75 Å². The molecule has 0 aliphatic heterocycles. The van der Waals surface area contributed by atoms with Crippen molar-refractivity contribution in [1.82, 2.24) is 4.31 Å². The Labute approximate surface area is 163 Å². The highest BCUT2D eigenvalue weighted by Gasteiger charge is 2.17. The summed E-state index contributed by atoms with van der Waals surface area (Å²) in [6.45, 7) is -0.203. The highest BCUT2D eigenvalue weighted by Crippen LogP contribution is 2.28. The van der Waals surface area contributed by atoms with Crippen LogP contribution in [0.5, 0.6) is 5.75 Å². The molecule has 0 aromatic heterocycles. The second kappa shape index (κ2) is 8.31. The first-order valence-corrected chi connectivity index (χ1v) is 10.1. The molecule has 0 saturated carbocycles. The normalized spacial score (nSPS) is 11.4. The van der Waals surface area contributed by atoms with E-state index in [-0.39, 0.29) is 11.5 Å². The molecule has 0 aliphatic rings. The molecule has 0 bridgehead atoms. The smallest absolute Gasteiger partial charge is 0.262 e. The first kappa shape index (κ1) is 19.9. The standard InChI is InChI=1S/C16H16Br2N2O4S/c1-20(2)25(22,23)13-5-3-4-12(9-13)19-16(21)10-24-15-7-6-11(17)8-14(15)18/h3-9H,10H2,1-2H3,(H,19,21). The minimum Gasteiger partial charge on any atom is -0.483 e. The molecule has 134 valence electrons. The van der Waals surface area contributed by atoms with Crippen LogP contribution in [0.2, 0.25) is 0 Å². The molecule has 1 amide bonds. The summed E-state index contributed by atoms with van der Waals surface area (Å²) in [6.07, 6.45) is 0. The van der Waals surface area contributed by atoms with Gasteiger partial charge in [0.05, 0.1) is 9.37 Å². The molecule has 0 unspecified atom stereocenters. The second-order valence-electron chi connectivity index (χ2n) is 5.23. The molecule has 0 fully saturated rings. The molecule has 2 rings (SSSR count). The van der Waals surface area contributed by atoms with Gasteiger partial charge in [-0.15, -0.1) is 0 Å². The molecule has 0 atom stereocenters. The molecule has 9 heteroatoms. The van der Waals surface area contributed by atoms with Gasteiger partial charge < -0.3 is 10.1 Å². The van der Waals surface area contributed by atoms with E-state index < -0.39 is 15.9 Å². The van der Waals surface area contributed by atoms with Gasteiger partial charge in [-0.1, -0.05) is 22.0 Å². The maximum atomic E-state index is 12.1. The number of anilines is 1. The van der Waals surface area contributed by atoms with Crippen molar-refractivity contribution in [1.29, 1.82) is 0 Å². The Morgan fingerprint density at radius 1 is 1.16 bits per heavy atom. The number of ether oxygens (including phenoxy) is 1. The van der Waals surface area contributed by atoms with Crippen molar-refractivity contribution < 1.29 is 17.9 Å². The number of nitrogens with zero attached hydrogens (tertiary/aromatic N) is 1. The molecule has 0 aliphatic carbocycles.